The predicted octanol–water partition coefficient (Wildman–Crippen LogP) is -1.12. The molecular weight excluding hydrogens is 284 g/mol. The molecule has 1 saturated heterocycles. The van der Waals surface area contributed by atoms with Crippen LogP contribution in [0.1, 0.15) is 25.6 Å². The number of carbonyl (C=O) groups excluding carboxylic acids is 1. The molecule has 1 fully saturated rings. The Kier molecular flexibility index (Phi) is 4.65. The fourth-order valence-electron chi connectivity index (χ4n) is 2.15. The molecule has 0 spiro atoms. The van der Waals surface area contributed by atoms with Gasteiger partial charge in [-0.25, -0.2) is 12.7 Å². The van der Waals surface area contributed by atoms with Crippen molar-refractivity contribution in [2.24, 2.45) is 5.92 Å². The van der Waals surface area contributed by atoms with Gasteiger partial charge >= 0.3 is 0 Å². The van der Waals surface area contributed by atoms with Crippen molar-refractivity contribution in [3.63, 3.8) is 0 Å². The minimum absolute atomic E-state index is 0.0941. The van der Waals surface area contributed by atoms with E-state index in [1.54, 1.807) is 6.92 Å². The van der Waals surface area contributed by atoms with E-state index in [1.807, 2.05) is 0 Å². The number of aromatic amines is 1. The van der Waals surface area contributed by atoms with Gasteiger partial charge in [0.15, 0.2) is 5.82 Å². The average molecular weight is 302 g/mol. The summed E-state index contributed by atoms with van der Waals surface area (Å²) in [5.74, 6) is 0.264. The number of rotatable bonds is 5. The van der Waals surface area contributed by atoms with Gasteiger partial charge in [0.05, 0.1) is 12.3 Å². The maximum atomic E-state index is 12.0. The molecule has 0 aliphatic carbocycles. The molecule has 112 valence electrons. The van der Waals surface area contributed by atoms with Crippen molar-refractivity contribution in [3.05, 3.63) is 5.82 Å². The number of hydrogen-bond donors (Lipinski definition) is 2. The van der Waals surface area contributed by atoms with Gasteiger partial charge in [-0.2, -0.15) is 5.21 Å². The Bertz CT molecular complexity index is 535. The van der Waals surface area contributed by atoms with Crippen molar-refractivity contribution in [2.75, 3.05) is 18.8 Å². The minimum atomic E-state index is -3.15. The van der Waals surface area contributed by atoms with Crippen molar-refractivity contribution < 1.29 is 13.2 Å². The monoisotopic (exact) mass is 302 g/mol. The van der Waals surface area contributed by atoms with Gasteiger partial charge in [-0.1, -0.05) is 5.21 Å². The maximum absolute atomic E-state index is 12.0. The summed E-state index contributed by atoms with van der Waals surface area (Å²) >= 11 is 0. The Hall–Kier alpha value is -1.55. The number of tetrazole rings is 1. The molecule has 1 aliphatic heterocycles. The van der Waals surface area contributed by atoms with Gasteiger partial charge in [0.25, 0.3) is 0 Å². The maximum Gasteiger partial charge on any atom is 0.223 e. The molecule has 1 amide bonds. The normalized spacial score (nSPS) is 18.1. The molecule has 0 radical (unpaired) electrons. The molecule has 2 heterocycles. The summed E-state index contributed by atoms with van der Waals surface area (Å²) in [5, 5.41) is 15.9. The van der Waals surface area contributed by atoms with E-state index < -0.39 is 10.0 Å². The summed E-state index contributed by atoms with van der Waals surface area (Å²) in [6.07, 6.45) is 1.08. The molecule has 0 aromatic carbocycles. The smallest absolute Gasteiger partial charge is 0.223 e. The molecule has 0 bridgehead atoms. The van der Waals surface area contributed by atoms with Crippen LogP contribution in [0.3, 0.4) is 0 Å². The lowest BCUT2D eigenvalue weighted by Crippen LogP contribution is -2.43. The number of nitrogens with one attached hydrogen (secondary N) is 2. The van der Waals surface area contributed by atoms with Gasteiger partial charge in [0, 0.05) is 19.0 Å². The van der Waals surface area contributed by atoms with E-state index in [1.165, 1.54) is 4.31 Å². The molecule has 1 aromatic rings. The number of carbonyl (C=O) groups is 1. The lowest BCUT2D eigenvalue weighted by molar-refractivity contribution is -0.126. The van der Waals surface area contributed by atoms with Crippen LogP contribution in [0.15, 0.2) is 0 Å². The average Bonchev–Trinajstić information content (AvgIpc) is 2.98. The van der Waals surface area contributed by atoms with Crippen LogP contribution in [0.5, 0.6) is 0 Å². The molecule has 0 unspecified atom stereocenters. The standard InChI is InChI=1S/C10H18N6O3S/c1-2-20(18,19)16-5-3-8(4-6-16)10(17)11-7-9-12-14-15-13-9/h8H,2-7H2,1H3,(H,11,17)(H,12,13,14,15). The van der Waals surface area contributed by atoms with Gasteiger partial charge in [-0.15, -0.1) is 10.2 Å². The zero-order valence-electron chi connectivity index (χ0n) is 11.2. The van der Waals surface area contributed by atoms with Crippen LogP contribution in [0.4, 0.5) is 0 Å². The topological polar surface area (TPSA) is 121 Å². The summed E-state index contributed by atoms with van der Waals surface area (Å²) in [6.45, 7) is 2.65. The lowest BCUT2D eigenvalue weighted by Gasteiger charge is -2.30. The van der Waals surface area contributed by atoms with Gasteiger partial charge in [-0.3, -0.25) is 4.79 Å². The van der Waals surface area contributed by atoms with Crippen LogP contribution < -0.4 is 5.32 Å². The molecular formula is C10H18N6O3S. The third-order valence-corrected chi connectivity index (χ3v) is 5.27. The molecule has 1 aliphatic rings. The first kappa shape index (κ1) is 14.9. The molecule has 2 rings (SSSR count). The number of aromatic nitrogens is 4. The largest absolute Gasteiger partial charge is 0.348 e. The van der Waals surface area contributed by atoms with Gasteiger partial charge in [0.1, 0.15) is 0 Å². The van der Waals surface area contributed by atoms with Crippen LogP contribution >= 0.6 is 0 Å². The summed E-state index contributed by atoms with van der Waals surface area (Å²) in [4.78, 5) is 12.0. The zero-order valence-corrected chi connectivity index (χ0v) is 12.1. The Balaban J connectivity index is 1.80. The van der Waals surface area contributed by atoms with E-state index >= 15 is 0 Å². The predicted molar refractivity (Wildman–Crippen MR) is 69.8 cm³/mol. The number of piperidine rings is 1. The van der Waals surface area contributed by atoms with E-state index in [4.69, 9.17) is 0 Å². The Morgan fingerprint density at radius 3 is 2.70 bits per heavy atom. The van der Waals surface area contributed by atoms with E-state index in [0.29, 0.717) is 31.8 Å². The van der Waals surface area contributed by atoms with Crippen molar-refractivity contribution in [1.29, 1.82) is 0 Å². The third-order valence-electron chi connectivity index (χ3n) is 3.39. The van der Waals surface area contributed by atoms with E-state index in [0.717, 1.165) is 0 Å². The Labute approximate surface area is 117 Å². The Morgan fingerprint density at radius 2 is 2.15 bits per heavy atom. The number of nitrogens with zero attached hydrogens (tertiary/aromatic N) is 4. The summed E-state index contributed by atoms with van der Waals surface area (Å²) < 4.78 is 24.9. The molecule has 20 heavy (non-hydrogen) atoms. The van der Waals surface area contributed by atoms with E-state index in [2.05, 4.69) is 25.9 Å². The summed E-state index contributed by atoms with van der Waals surface area (Å²) in [6, 6.07) is 0. The fourth-order valence-corrected chi connectivity index (χ4v) is 3.28. The number of sulfonamides is 1. The SMILES string of the molecule is CCS(=O)(=O)N1CCC(C(=O)NCc2nn[nH]n2)CC1. The summed E-state index contributed by atoms with van der Waals surface area (Å²) in [5.41, 5.74) is 0. The molecule has 9 nitrogen and oxygen atoms in total. The van der Waals surface area contributed by atoms with Crippen molar-refractivity contribution in [3.8, 4) is 0 Å². The quantitative estimate of drug-likeness (QED) is 0.710. The first-order valence-corrected chi connectivity index (χ1v) is 8.11. The highest BCUT2D eigenvalue weighted by Gasteiger charge is 2.30. The highest BCUT2D eigenvalue weighted by molar-refractivity contribution is 7.89. The van der Waals surface area contributed by atoms with Crippen LogP contribution in [-0.2, 0) is 21.4 Å². The molecule has 0 saturated carbocycles. The molecule has 1 aromatic heterocycles. The van der Waals surface area contributed by atoms with Gasteiger partial charge < -0.3 is 5.32 Å². The zero-order chi connectivity index (χ0) is 14.6. The van der Waals surface area contributed by atoms with E-state index in [9.17, 15) is 13.2 Å². The third kappa shape index (κ3) is 3.51. The first-order chi connectivity index (χ1) is 9.53. The number of hydrogen-bond acceptors (Lipinski definition) is 6. The second-order valence-corrected chi connectivity index (χ2v) is 6.88. The molecule has 10 heteroatoms. The van der Waals surface area contributed by atoms with Crippen LogP contribution in [-0.4, -0.2) is 58.1 Å². The Morgan fingerprint density at radius 1 is 1.45 bits per heavy atom. The van der Waals surface area contributed by atoms with Crippen LogP contribution in [0, 0.1) is 5.92 Å². The number of amides is 1. The summed E-state index contributed by atoms with van der Waals surface area (Å²) in [7, 11) is -3.15. The van der Waals surface area contributed by atoms with Crippen LogP contribution in [0.2, 0.25) is 0 Å². The highest BCUT2D eigenvalue weighted by atomic mass is 32.2. The number of H-pyrrole nitrogens is 1. The lowest BCUT2D eigenvalue weighted by atomic mass is 9.97. The van der Waals surface area contributed by atoms with Gasteiger partial charge in [-0.05, 0) is 19.8 Å². The highest BCUT2D eigenvalue weighted by Crippen LogP contribution is 2.20. The second kappa shape index (κ2) is 6.27. The van der Waals surface area contributed by atoms with Crippen molar-refractivity contribution in [1.82, 2.24) is 30.2 Å². The molecule has 0 atom stereocenters. The van der Waals surface area contributed by atoms with Gasteiger partial charge in [0.2, 0.25) is 15.9 Å². The fraction of sp³-hybridized carbons (Fsp3) is 0.800. The van der Waals surface area contributed by atoms with E-state index in [-0.39, 0.29) is 24.1 Å². The first-order valence-electron chi connectivity index (χ1n) is 6.50. The van der Waals surface area contributed by atoms with Crippen molar-refractivity contribution >= 4 is 15.9 Å². The minimum Gasteiger partial charge on any atom is -0.348 e. The van der Waals surface area contributed by atoms with Crippen molar-refractivity contribution in [2.45, 2.75) is 26.3 Å². The van der Waals surface area contributed by atoms with Crippen LogP contribution in [0.25, 0.3) is 0 Å². The molecule has 2 N–H and O–H groups in total. The second-order valence-electron chi connectivity index (χ2n) is 4.62.